The van der Waals surface area contributed by atoms with Crippen LogP contribution in [0.1, 0.15) is 0 Å². The number of rotatable bonds is 0. The molecule has 0 aliphatic carbocycles. The van der Waals surface area contributed by atoms with E-state index < -0.39 is 0 Å². The second-order valence-electron chi connectivity index (χ2n) is 0. The van der Waals surface area contributed by atoms with Crippen LogP contribution in [0.2, 0.25) is 0 Å². The Kier molecular flexibility index (Phi) is 91.2. The van der Waals surface area contributed by atoms with Crippen molar-refractivity contribution in [1.82, 2.24) is 0 Å². The minimum absolute atomic E-state index is 0. The van der Waals surface area contributed by atoms with E-state index >= 15 is 0 Å². The predicted octanol–water partition coefficient (Wildman–Crippen LogP) is -0.772. The quantitative estimate of drug-likeness (QED) is 0.422. The molecule has 0 rings (SSSR count). The molecule has 0 heterocycles. The normalized spacial score (nSPS) is 1.25. The Labute approximate surface area is 64.9 Å². The number of hydrogen-bond acceptors (Lipinski definition) is 1. The van der Waals surface area contributed by atoms with Gasteiger partial charge in [-0.3, -0.25) is 0 Å². The molecule has 0 fully saturated rings. The molecule has 0 N–H and O–H groups in total. The van der Waals surface area contributed by atoms with E-state index in [4.69, 9.17) is 3.87 Å². The van der Waals surface area contributed by atoms with E-state index in [1.807, 2.05) is 0 Å². The summed E-state index contributed by atoms with van der Waals surface area (Å²) in [7, 11) is 0. The fourth-order valence-corrected chi connectivity index (χ4v) is 0. The third-order valence-corrected chi connectivity index (χ3v) is 0. The molecule has 0 radical (unpaired) electrons. The van der Waals surface area contributed by atoms with Gasteiger partial charge in [-0.15, -0.1) is 0 Å². The third-order valence-electron chi connectivity index (χ3n) is 0. The molecule has 0 atom stereocenters. The van der Waals surface area contributed by atoms with E-state index in [0.717, 1.165) is 0 Å². The summed E-state index contributed by atoms with van der Waals surface area (Å²) in [5.41, 5.74) is 0. The second kappa shape index (κ2) is 21.4. The SMILES string of the molecule is [NaH].[Ni].[O]=[Co]. The summed E-state index contributed by atoms with van der Waals surface area (Å²) in [6, 6.07) is 0. The van der Waals surface area contributed by atoms with Gasteiger partial charge < -0.3 is 0 Å². The van der Waals surface area contributed by atoms with Crippen molar-refractivity contribution in [1.29, 1.82) is 0 Å². The van der Waals surface area contributed by atoms with Crippen LogP contribution in [0.3, 0.4) is 0 Å². The Bertz CT molecular complexity index is 8.00. The van der Waals surface area contributed by atoms with Gasteiger partial charge in [0.15, 0.2) is 0 Å². The van der Waals surface area contributed by atoms with Gasteiger partial charge in [-0.2, -0.15) is 0 Å². The van der Waals surface area contributed by atoms with Crippen molar-refractivity contribution in [2.45, 2.75) is 0 Å². The molecule has 0 saturated heterocycles. The van der Waals surface area contributed by atoms with E-state index in [1.165, 1.54) is 0 Å². The summed E-state index contributed by atoms with van der Waals surface area (Å²) in [6.07, 6.45) is 0. The molecule has 0 spiro atoms. The average molecular weight is 158 g/mol. The van der Waals surface area contributed by atoms with Crippen LogP contribution in [0.4, 0.5) is 0 Å². The molecule has 0 amide bonds. The van der Waals surface area contributed by atoms with Crippen molar-refractivity contribution in [2.24, 2.45) is 0 Å². The Morgan fingerprint density at radius 1 is 1.25 bits per heavy atom. The van der Waals surface area contributed by atoms with Crippen LogP contribution in [0, 0.1) is 0 Å². The molecule has 0 aromatic rings. The summed E-state index contributed by atoms with van der Waals surface area (Å²) in [4.78, 5) is 0. The zero-order valence-corrected chi connectivity index (χ0v) is 3.09. The minimum atomic E-state index is 0. The molecule has 0 aromatic carbocycles. The van der Waals surface area contributed by atoms with Gasteiger partial charge in [-0.1, -0.05) is 0 Å². The molecule has 0 unspecified atom stereocenters. The van der Waals surface area contributed by atoms with Crippen molar-refractivity contribution >= 4 is 29.6 Å². The standard InChI is InChI=1S/Co.Na.Ni.O.H. The molecule has 0 aliphatic rings. The Balaban J connectivity index is -0.00000000500. The van der Waals surface area contributed by atoms with E-state index in [0.29, 0.717) is 0 Å². The summed E-state index contributed by atoms with van der Waals surface area (Å²) < 4.78 is 7.94. The van der Waals surface area contributed by atoms with Gasteiger partial charge in [-0.25, -0.2) is 0 Å². The topological polar surface area (TPSA) is 17.1 Å². The zero-order valence-electron chi connectivity index (χ0n) is 1.06. The van der Waals surface area contributed by atoms with Crippen molar-refractivity contribution in [3.05, 3.63) is 0 Å². The van der Waals surface area contributed by atoms with E-state index in [-0.39, 0.29) is 46.0 Å². The van der Waals surface area contributed by atoms with Gasteiger partial charge in [-0.05, 0) is 0 Å². The van der Waals surface area contributed by atoms with Crippen LogP contribution in [0.15, 0.2) is 0 Å². The Morgan fingerprint density at radius 2 is 1.25 bits per heavy atom. The van der Waals surface area contributed by atoms with Crippen LogP contribution >= 0.6 is 0 Å². The summed E-state index contributed by atoms with van der Waals surface area (Å²) in [6.45, 7) is 0. The monoisotopic (exact) mass is 157 g/mol. The third kappa shape index (κ3) is 9.20. The summed E-state index contributed by atoms with van der Waals surface area (Å²) in [5, 5.41) is 0. The van der Waals surface area contributed by atoms with Gasteiger partial charge in [0.1, 0.15) is 0 Å². The van der Waals surface area contributed by atoms with Gasteiger partial charge in [0.05, 0.1) is 0 Å². The van der Waals surface area contributed by atoms with Crippen LogP contribution < -0.4 is 0 Å². The zero-order chi connectivity index (χ0) is 2.00. The molecule has 27 valence electrons. The van der Waals surface area contributed by atoms with Gasteiger partial charge in [0.25, 0.3) is 0 Å². The molecular formula is HCoNaNiO. The fraction of sp³-hybridized carbons (Fsp3) is 0. The van der Waals surface area contributed by atoms with Crippen LogP contribution in [-0.4, -0.2) is 29.6 Å². The molecule has 0 aliphatic heterocycles. The first-order valence-corrected chi connectivity index (χ1v) is 0.561. The molecule has 0 saturated carbocycles. The first-order valence-electron chi connectivity index (χ1n) is 0.136. The number of hydrogen-bond donors (Lipinski definition) is 0. The van der Waals surface area contributed by atoms with Crippen LogP contribution in [-0.2, 0) is 36.0 Å². The van der Waals surface area contributed by atoms with Crippen LogP contribution in [0.5, 0.6) is 0 Å². The predicted molar refractivity (Wildman–Crippen MR) is 7.84 cm³/mol. The van der Waals surface area contributed by atoms with Gasteiger partial charge in [0, 0.05) is 16.5 Å². The first kappa shape index (κ1) is 17.0. The van der Waals surface area contributed by atoms with E-state index in [9.17, 15) is 0 Å². The fourth-order valence-electron chi connectivity index (χ4n) is 0. The van der Waals surface area contributed by atoms with E-state index in [2.05, 4.69) is 15.7 Å². The average Bonchev–Trinajstić information content (AvgIpc) is 1.00. The Hall–Kier alpha value is 1.80. The van der Waals surface area contributed by atoms with Crippen molar-refractivity contribution in [3.8, 4) is 0 Å². The first-order chi connectivity index (χ1) is 1.00. The molecule has 0 aromatic heterocycles. The molecular weight excluding hydrogens is 157 g/mol. The second-order valence-corrected chi connectivity index (χ2v) is 0. The van der Waals surface area contributed by atoms with Gasteiger partial charge in [0.2, 0.25) is 0 Å². The molecule has 1 nitrogen and oxygen atoms in total. The van der Waals surface area contributed by atoms with E-state index in [1.54, 1.807) is 0 Å². The van der Waals surface area contributed by atoms with Crippen molar-refractivity contribution < 1.29 is 36.0 Å². The maximum absolute atomic E-state index is 7.94. The van der Waals surface area contributed by atoms with Crippen LogP contribution in [0.25, 0.3) is 0 Å². The van der Waals surface area contributed by atoms with Crippen molar-refractivity contribution in [2.75, 3.05) is 0 Å². The van der Waals surface area contributed by atoms with Gasteiger partial charge >= 0.3 is 49.1 Å². The molecule has 4 heavy (non-hydrogen) atoms. The molecule has 4 heteroatoms. The maximum atomic E-state index is 7.94. The summed E-state index contributed by atoms with van der Waals surface area (Å²) >= 11 is 2.31. The molecule has 0 bridgehead atoms. The Morgan fingerprint density at radius 3 is 1.25 bits per heavy atom. The van der Waals surface area contributed by atoms with Crippen molar-refractivity contribution in [3.63, 3.8) is 0 Å². The summed E-state index contributed by atoms with van der Waals surface area (Å²) in [5.74, 6) is 0.